The lowest BCUT2D eigenvalue weighted by atomic mass is 9.99. The van der Waals surface area contributed by atoms with Crippen molar-refractivity contribution in [1.82, 2.24) is 4.90 Å². The van der Waals surface area contributed by atoms with Crippen LogP contribution in [0.4, 0.5) is 11.4 Å². The van der Waals surface area contributed by atoms with Crippen LogP contribution in [0.1, 0.15) is 19.8 Å². The van der Waals surface area contributed by atoms with Crippen molar-refractivity contribution in [2.45, 2.75) is 19.8 Å². The van der Waals surface area contributed by atoms with Crippen LogP contribution in [0, 0.1) is 5.92 Å². The third-order valence-corrected chi connectivity index (χ3v) is 6.10. The molecule has 29 heavy (non-hydrogen) atoms. The highest BCUT2D eigenvalue weighted by molar-refractivity contribution is 5.78. The monoisotopic (exact) mass is 393 g/mol. The van der Waals surface area contributed by atoms with Crippen LogP contribution in [0.2, 0.25) is 0 Å². The Morgan fingerprint density at radius 2 is 1.38 bits per heavy atom. The number of ether oxygens (including phenoxy) is 1. The molecule has 0 saturated carbocycles. The molecule has 2 aromatic rings. The molecule has 2 heterocycles. The number of piperazine rings is 1. The molecule has 0 spiro atoms. The number of benzene rings is 2. The average molecular weight is 394 g/mol. The standard InChI is InChI=1S/C24H31N3O2/c1-20-11-13-25(14-12-20)21-7-9-22(10-8-21)26-15-17-27(18-16-26)24(28)19-29-23-5-3-2-4-6-23/h2-10,20H,11-19H2,1H3. The second-order valence-corrected chi connectivity index (χ2v) is 8.16. The molecule has 0 aliphatic carbocycles. The largest absolute Gasteiger partial charge is 0.484 e. The van der Waals surface area contributed by atoms with Gasteiger partial charge in [-0.15, -0.1) is 0 Å². The molecule has 1 amide bonds. The highest BCUT2D eigenvalue weighted by atomic mass is 16.5. The number of hydrogen-bond donors (Lipinski definition) is 0. The minimum atomic E-state index is 0.0585. The van der Waals surface area contributed by atoms with Crippen LogP contribution in [0.5, 0.6) is 5.75 Å². The quantitative estimate of drug-likeness (QED) is 0.777. The van der Waals surface area contributed by atoms with Gasteiger partial charge in [0, 0.05) is 50.6 Å². The summed E-state index contributed by atoms with van der Waals surface area (Å²) in [5.41, 5.74) is 2.57. The van der Waals surface area contributed by atoms with Crippen LogP contribution >= 0.6 is 0 Å². The molecular weight excluding hydrogens is 362 g/mol. The van der Waals surface area contributed by atoms with Gasteiger partial charge < -0.3 is 19.4 Å². The van der Waals surface area contributed by atoms with Gasteiger partial charge in [0.05, 0.1) is 0 Å². The first-order chi connectivity index (χ1) is 14.2. The van der Waals surface area contributed by atoms with E-state index in [0.29, 0.717) is 0 Å². The lowest BCUT2D eigenvalue weighted by Crippen LogP contribution is -2.50. The van der Waals surface area contributed by atoms with Crippen LogP contribution in [0.25, 0.3) is 0 Å². The first kappa shape index (κ1) is 19.6. The van der Waals surface area contributed by atoms with Crippen molar-refractivity contribution in [2.24, 2.45) is 5.92 Å². The molecule has 0 N–H and O–H groups in total. The SMILES string of the molecule is CC1CCN(c2ccc(N3CCN(C(=O)COc4ccccc4)CC3)cc2)CC1. The Labute approximate surface area is 173 Å². The summed E-state index contributed by atoms with van der Waals surface area (Å²) >= 11 is 0. The van der Waals surface area contributed by atoms with E-state index in [1.807, 2.05) is 35.2 Å². The first-order valence-corrected chi connectivity index (χ1v) is 10.7. The number of hydrogen-bond acceptors (Lipinski definition) is 4. The number of piperidine rings is 1. The molecule has 2 aromatic carbocycles. The number of carbonyl (C=O) groups is 1. The number of amides is 1. The maximum Gasteiger partial charge on any atom is 0.260 e. The topological polar surface area (TPSA) is 36.0 Å². The molecule has 2 saturated heterocycles. The van der Waals surface area contributed by atoms with Crippen LogP contribution < -0.4 is 14.5 Å². The maximum atomic E-state index is 12.4. The van der Waals surface area contributed by atoms with E-state index in [2.05, 4.69) is 41.0 Å². The zero-order chi connectivity index (χ0) is 20.1. The predicted molar refractivity (Wildman–Crippen MR) is 118 cm³/mol. The van der Waals surface area contributed by atoms with Gasteiger partial charge in [-0.2, -0.15) is 0 Å². The molecule has 5 nitrogen and oxygen atoms in total. The fourth-order valence-corrected chi connectivity index (χ4v) is 4.11. The molecule has 0 bridgehead atoms. The molecule has 154 valence electrons. The Morgan fingerprint density at radius 1 is 0.828 bits per heavy atom. The van der Waals surface area contributed by atoms with Gasteiger partial charge in [0.1, 0.15) is 5.75 Å². The molecule has 0 atom stereocenters. The molecule has 5 heteroatoms. The number of carbonyl (C=O) groups excluding carboxylic acids is 1. The Balaban J connectivity index is 1.25. The van der Waals surface area contributed by atoms with Crippen LogP contribution in [0.15, 0.2) is 54.6 Å². The minimum Gasteiger partial charge on any atom is -0.484 e. The van der Waals surface area contributed by atoms with E-state index in [-0.39, 0.29) is 12.5 Å². The van der Waals surface area contributed by atoms with Crippen LogP contribution in [-0.4, -0.2) is 56.7 Å². The van der Waals surface area contributed by atoms with Gasteiger partial charge in [0.2, 0.25) is 0 Å². The van der Waals surface area contributed by atoms with E-state index in [0.717, 1.165) is 50.9 Å². The normalized spacial score (nSPS) is 18.0. The van der Waals surface area contributed by atoms with Gasteiger partial charge >= 0.3 is 0 Å². The summed E-state index contributed by atoms with van der Waals surface area (Å²) in [4.78, 5) is 19.2. The van der Waals surface area contributed by atoms with Crippen LogP contribution in [0.3, 0.4) is 0 Å². The lowest BCUT2D eigenvalue weighted by molar-refractivity contribution is -0.133. The van der Waals surface area contributed by atoms with Gasteiger partial charge in [0.25, 0.3) is 5.91 Å². The third-order valence-electron chi connectivity index (χ3n) is 6.10. The average Bonchev–Trinajstić information content (AvgIpc) is 2.79. The zero-order valence-corrected chi connectivity index (χ0v) is 17.3. The second kappa shape index (κ2) is 9.21. The second-order valence-electron chi connectivity index (χ2n) is 8.16. The van der Waals surface area contributed by atoms with E-state index in [1.165, 1.54) is 24.2 Å². The summed E-state index contributed by atoms with van der Waals surface area (Å²) in [7, 11) is 0. The highest BCUT2D eigenvalue weighted by Gasteiger charge is 2.22. The number of anilines is 2. The first-order valence-electron chi connectivity index (χ1n) is 10.7. The molecule has 2 fully saturated rings. The van der Waals surface area contributed by atoms with Crippen molar-refractivity contribution >= 4 is 17.3 Å². The summed E-state index contributed by atoms with van der Waals surface area (Å²) in [6.07, 6.45) is 2.57. The highest BCUT2D eigenvalue weighted by Crippen LogP contribution is 2.26. The van der Waals surface area contributed by atoms with Gasteiger partial charge in [0.15, 0.2) is 6.61 Å². The van der Waals surface area contributed by atoms with Gasteiger partial charge in [-0.3, -0.25) is 4.79 Å². The lowest BCUT2D eigenvalue weighted by Gasteiger charge is -2.36. The van der Waals surface area contributed by atoms with E-state index < -0.39 is 0 Å². The predicted octanol–water partition coefficient (Wildman–Crippen LogP) is 3.65. The smallest absolute Gasteiger partial charge is 0.260 e. The van der Waals surface area contributed by atoms with E-state index in [1.54, 1.807) is 0 Å². The van der Waals surface area contributed by atoms with Crippen molar-refractivity contribution in [1.29, 1.82) is 0 Å². The summed E-state index contributed by atoms with van der Waals surface area (Å²) in [5, 5.41) is 0. The van der Waals surface area contributed by atoms with E-state index in [9.17, 15) is 4.79 Å². The maximum absolute atomic E-state index is 12.4. The van der Waals surface area contributed by atoms with Gasteiger partial charge in [-0.25, -0.2) is 0 Å². The summed E-state index contributed by atoms with van der Waals surface area (Å²) < 4.78 is 5.60. The van der Waals surface area contributed by atoms with E-state index in [4.69, 9.17) is 4.74 Å². The van der Waals surface area contributed by atoms with E-state index >= 15 is 0 Å². The minimum absolute atomic E-state index is 0.0585. The molecule has 0 radical (unpaired) electrons. The summed E-state index contributed by atoms with van der Waals surface area (Å²) in [5.74, 6) is 1.65. The number of nitrogens with zero attached hydrogens (tertiary/aromatic N) is 3. The number of para-hydroxylation sites is 1. The van der Waals surface area contributed by atoms with Crippen molar-refractivity contribution in [2.75, 3.05) is 55.7 Å². The van der Waals surface area contributed by atoms with Crippen molar-refractivity contribution in [3.63, 3.8) is 0 Å². The Kier molecular flexibility index (Phi) is 6.23. The van der Waals surface area contributed by atoms with Crippen molar-refractivity contribution < 1.29 is 9.53 Å². The molecule has 0 unspecified atom stereocenters. The molecule has 4 rings (SSSR count). The van der Waals surface area contributed by atoms with Gasteiger partial charge in [-0.05, 0) is 55.2 Å². The number of rotatable bonds is 5. The summed E-state index contributed by atoms with van der Waals surface area (Å²) in [6.45, 7) is 7.96. The summed E-state index contributed by atoms with van der Waals surface area (Å²) in [6, 6.07) is 18.5. The molecular formula is C24H31N3O2. The molecule has 2 aliphatic heterocycles. The van der Waals surface area contributed by atoms with Crippen molar-refractivity contribution in [3.05, 3.63) is 54.6 Å². The Morgan fingerprint density at radius 3 is 1.97 bits per heavy atom. The fraction of sp³-hybridized carbons (Fsp3) is 0.458. The third kappa shape index (κ3) is 5.03. The van der Waals surface area contributed by atoms with Crippen molar-refractivity contribution in [3.8, 4) is 5.75 Å². The van der Waals surface area contributed by atoms with Gasteiger partial charge in [-0.1, -0.05) is 25.1 Å². The molecule has 2 aliphatic rings. The Bertz CT molecular complexity index is 778. The Hall–Kier alpha value is -2.69. The molecule has 0 aromatic heterocycles. The fourth-order valence-electron chi connectivity index (χ4n) is 4.11. The zero-order valence-electron chi connectivity index (χ0n) is 17.3. The van der Waals surface area contributed by atoms with Crippen LogP contribution in [-0.2, 0) is 4.79 Å².